The van der Waals surface area contributed by atoms with Gasteiger partial charge in [-0.2, -0.15) is 5.48 Å². The Morgan fingerprint density at radius 3 is 2.53 bits per heavy atom. The molecule has 4 heteroatoms. The Bertz CT molecular complexity index is 355. The minimum atomic E-state index is 0.149. The first-order valence-corrected chi connectivity index (χ1v) is 6.54. The minimum Gasteiger partial charge on any atom is -0.496 e. The van der Waals surface area contributed by atoms with E-state index in [4.69, 9.17) is 9.57 Å². The van der Waals surface area contributed by atoms with Crippen LogP contribution < -0.4 is 10.2 Å². The van der Waals surface area contributed by atoms with Crippen LogP contribution in [0.1, 0.15) is 32.4 Å². The summed E-state index contributed by atoms with van der Waals surface area (Å²) < 4.78 is 6.15. The fourth-order valence-electron chi connectivity index (χ4n) is 1.36. The average molecular weight is 302 g/mol. The summed E-state index contributed by atoms with van der Waals surface area (Å²) in [7, 11) is 1.66. The minimum absolute atomic E-state index is 0.149. The van der Waals surface area contributed by atoms with Gasteiger partial charge in [-0.3, -0.25) is 0 Å². The van der Waals surface area contributed by atoms with Crippen LogP contribution in [0.5, 0.6) is 5.75 Å². The van der Waals surface area contributed by atoms with Gasteiger partial charge in [-0.05, 0) is 46.5 Å². The number of rotatable bonds is 6. The van der Waals surface area contributed by atoms with E-state index in [1.807, 2.05) is 18.2 Å². The van der Waals surface area contributed by atoms with Crippen LogP contribution in [0.25, 0.3) is 0 Å². The molecule has 1 unspecified atom stereocenters. The molecule has 1 atom stereocenters. The highest BCUT2D eigenvalue weighted by Gasteiger charge is 2.08. The molecular formula is C13H20BrNO2. The maximum Gasteiger partial charge on any atom is 0.133 e. The van der Waals surface area contributed by atoms with Crippen molar-refractivity contribution in [1.82, 2.24) is 5.48 Å². The summed E-state index contributed by atoms with van der Waals surface area (Å²) in [6.07, 6.45) is 0. The third kappa shape index (κ3) is 4.66. The van der Waals surface area contributed by atoms with Crippen LogP contribution in [0.4, 0.5) is 0 Å². The van der Waals surface area contributed by atoms with E-state index in [1.54, 1.807) is 7.11 Å². The van der Waals surface area contributed by atoms with Crippen LogP contribution in [-0.4, -0.2) is 13.7 Å². The summed E-state index contributed by atoms with van der Waals surface area (Å²) in [5.74, 6) is 1.36. The summed E-state index contributed by atoms with van der Waals surface area (Å²) in [4.78, 5) is 5.41. The van der Waals surface area contributed by atoms with Gasteiger partial charge in [0.15, 0.2) is 0 Å². The lowest BCUT2D eigenvalue weighted by Crippen LogP contribution is -2.21. The van der Waals surface area contributed by atoms with Crippen molar-refractivity contribution < 1.29 is 9.57 Å². The summed E-state index contributed by atoms with van der Waals surface area (Å²) in [6, 6.07) is 6.16. The molecular weight excluding hydrogens is 282 g/mol. The van der Waals surface area contributed by atoms with Gasteiger partial charge in [0.1, 0.15) is 5.75 Å². The van der Waals surface area contributed by atoms with Gasteiger partial charge in [0, 0.05) is 0 Å². The van der Waals surface area contributed by atoms with E-state index in [9.17, 15) is 0 Å². The second kappa shape index (κ2) is 6.99. The summed E-state index contributed by atoms with van der Waals surface area (Å²) in [6.45, 7) is 7.02. The second-order valence-corrected chi connectivity index (χ2v) is 5.29. The van der Waals surface area contributed by atoms with Crippen molar-refractivity contribution in [2.24, 2.45) is 5.92 Å². The lowest BCUT2D eigenvalue weighted by Gasteiger charge is -2.16. The second-order valence-electron chi connectivity index (χ2n) is 4.44. The molecule has 1 rings (SSSR count). The van der Waals surface area contributed by atoms with Gasteiger partial charge in [-0.15, -0.1) is 0 Å². The van der Waals surface area contributed by atoms with E-state index in [2.05, 4.69) is 42.2 Å². The first-order chi connectivity index (χ1) is 8.04. The standard InChI is InChI=1S/C13H20BrNO2/c1-9(2)8-17-15-10(3)11-5-6-13(16-4)12(14)7-11/h5-7,9-10,15H,8H2,1-4H3. The zero-order chi connectivity index (χ0) is 12.8. The van der Waals surface area contributed by atoms with Crippen LogP contribution in [0, 0.1) is 5.92 Å². The number of hydrogen-bond acceptors (Lipinski definition) is 3. The van der Waals surface area contributed by atoms with Gasteiger partial charge >= 0.3 is 0 Å². The number of hydrogen-bond donors (Lipinski definition) is 1. The Hall–Kier alpha value is -0.580. The first kappa shape index (κ1) is 14.5. The highest BCUT2D eigenvalue weighted by molar-refractivity contribution is 9.10. The number of methoxy groups -OCH3 is 1. The maximum absolute atomic E-state index is 5.41. The quantitative estimate of drug-likeness (QED) is 0.813. The maximum atomic E-state index is 5.41. The van der Waals surface area contributed by atoms with Gasteiger partial charge in [0.25, 0.3) is 0 Å². The van der Waals surface area contributed by atoms with E-state index < -0.39 is 0 Å². The molecule has 0 saturated carbocycles. The molecule has 0 aliphatic carbocycles. The lowest BCUT2D eigenvalue weighted by atomic mass is 10.1. The fourth-order valence-corrected chi connectivity index (χ4v) is 1.92. The third-order valence-corrected chi connectivity index (χ3v) is 2.97. The molecule has 0 bridgehead atoms. The number of nitrogens with one attached hydrogen (secondary N) is 1. The van der Waals surface area contributed by atoms with Crippen molar-refractivity contribution in [1.29, 1.82) is 0 Å². The number of halogens is 1. The van der Waals surface area contributed by atoms with Gasteiger partial charge in [-0.1, -0.05) is 19.9 Å². The fraction of sp³-hybridized carbons (Fsp3) is 0.538. The van der Waals surface area contributed by atoms with E-state index in [0.29, 0.717) is 12.5 Å². The Kier molecular flexibility index (Phi) is 5.95. The highest BCUT2D eigenvalue weighted by Crippen LogP contribution is 2.27. The molecule has 17 heavy (non-hydrogen) atoms. The summed E-state index contributed by atoms with van der Waals surface area (Å²) in [5.41, 5.74) is 4.19. The average Bonchev–Trinajstić information content (AvgIpc) is 2.28. The van der Waals surface area contributed by atoms with Crippen LogP contribution >= 0.6 is 15.9 Å². The molecule has 96 valence electrons. The highest BCUT2D eigenvalue weighted by atomic mass is 79.9. The predicted octanol–water partition coefficient (Wildman–Crippen LogP) is 3.70. The number of hydroxylamine groups is 1. The topological polar surface area (TPSA) is 30.5 Å². The lowest BCUT2D eigenvalue weighted by molar-refractivity contribution is 0.00407. The number of benzene rings is 1. The largest absolute Gasteiger partial charge is 0.496 e. The molecule has 0 aromatic heterocycles. The van der Waals surface area contributed by atoms with E-state index >= 15 is 0 Å². The van der Waals surface area contributed by atoms with Crippen molar-refractivity contribution in [3.8, 4) is 5.75 Å². The molecule has 0 heterocycles. The van der Waals surface area contributed by atoms with Crippen molar-refractivity contribution in [3.05, 3.63) is 28.2 Å². The molecule has 3 nitrogen and oxygen atoms in total. The van der Waals surface area contributed by atoms with Gasteiger partial charge in [-0.25, -0.2) is 0 Å². The summed E-state index contributed by atoms with van der Waals surface area (Å²) >= 11 is 3.47. The molecule has 0 aliphatic rings. The monoisotopic (exact) mass is 301 g/mol. The van der Waals surface area contributed by atoms with Crippen LogP contribution in [0.3, 0.4) is 0 Å². The Morgan fingerprint density at radius 1 is 1.29 bits per heavy atom. The molecule has 0 radical (unpaired) electrons. The molecule has 1 N–H and O–H groups in total. The van der Waals surface area contributed by atoms with Crippen molar-refractivity contribution in [2.45, 2.75) is 26.8 Å². The molecule has 0 aliphatic heterocycles. The Morgan fingerprint density at radius 2 is 2.00 bits per heavy atom. The van der Waals surface area contributed by atoms with Crippen LogP contribution in [0.15, 0.2) is 22.7 Å². The Balaban J connectivity index is 2.57. The molecule has 0 spiro atoms. The van der Waals surface area contributed by atoms with Crippen molar-refractivity contribution in [3.63, 3.8) is 0 Å². The summed E-state index contributed by atoms with van der Waals surface area (Å²) in [5, 5.41) is 0. The predicted molar refractivity (Wildman–Crippen MR) is 73.0 cm³/mol. The van der Waals surface area contributed by atoms with Gasteiger partial charge in [0.2, 0.25) is 0 Å². The van der Waals surface area contributed by atoms with Crippen molar-refractivity contribution in [2.75, 3.05) is 13.7 Å². The van der Waals surface area contributed by atoms with E-state index in [0.717, 1.165) is 15.8 Å². The molecule has 0 saturated heterocycles. The number of ether oxygens (including phenoxy) is 1. The first-order valence-electron chi connectivity index (χ1n) is 5.75. The van der Waals surface area contributed by atoms with E-state index in [1.165, 1.54) is 0 Å². The molecule has 1 aromatic rings. The normalized spacial score (nSPS) is 12.8. The molecule has 1 aromatic carbocycles. The van der Waals surface area contributed by atoms with Gasteiger partial charge < -0.3 is 9.57 Å². The van der Waals surface area contributed by atoms with Gasteiger partial charge in [0.05, 0.1) is 24.2 Å². The zero-order valence-electron chi connectivity index (χ0n) is 10.8. The van der Waals surface area contributed by atoms with Crippen LogP contribution in [-0.2, 0) is 4.84 Å². The SMILES string of the molecule is COc1ccc(C(C)NOCC(C)C)cc1Br. The third-order valence-electron chi connectivity index (χ3n) is 2.35. The zero-order valence-corrected chi connectivity index (χ0v) is 12.4. The molecule has 0 amide bonds. The van der Waals surface area contributed by atoms with Crippen molar-refractivity contribution >= 4 is 15.9 Å². The van der Waals surface area contributed by atoms with Crippen LogP contribution in [0.2, 0.25) is 0 Å². The molecule has 0 fully saturated rings. The van der Waals surface area contributed by atoms with E-state index in [-0.39, 0.29) is 6.04 Å². The Labute approximate surface area is 112 Å². The smallest absolute Gasteiger partial charge is 0.133 e.